The molecular formula is C16H27NO3. The normalized spacial score (nSPS) is 10.3. The summed E-state index contributed by atoms with van der Waals surface area (Å²) in [6.45, 7) is 6.66. The zero-order valence-electron chi connectivity index (χ0n) is 12.7. The van der Waals surface area contributed by atoms with Crippen molar-refractivity contribution in [3.05, 3.63) is 18.2 Å². The number of unbranched alkanes of at least 4 members (excludes halogenated alkanes) is 1. The Morgan fingerprint density at radius 2 is 1.70 bits per heavy atom. The van der Waals surface area contributed by atoms with Gasteiger partial charge in [0.15, 0.2) is 11.5 Å². The Kier molecular flexibility index (Phi) is 8.63. The van der Waals surface area contributed by atoms with Crippen molar-refractivity contribution in [2.45, 2.75) is 39.5 Å². The molecule has 0 bridgehead atoms. The minimum atomic E-state index is 0.246. The molecule has 1 aromatic rings. The third-order valence-corrected chi connectivity index (χ3v) is 2.78. The van der Waals surface area contributed by atoms with Crippen LogP contribution in [0.25, 0.3) is 0 Å². The molecular weight excluding hydrogens is 254 g/mol. The highest BCUT2D eigenvalue weighted by atomic mass is 16.5. The first-order valence-electron chi connectivity index (χ1n) is 7.56. The van der Waals surface area contributed by atoms with E-state index in [9.17, 15) is 0 Å². The van der Waals surface area contributed by atoms with Crippen LogP contribution in [-0.4, -0.2) is 31.5 Å². The van der Waals surface area contributed by atoms with E-state index in [1.54, 1.807) is 0 Å². The van der Waals surface area contributed by atoms with E-state index in [-0.39, 0.29) is 6.61 Å². The first-order valence-corrected chi connectivity index (χ1v) is 7.56. The second-order valence-corrected chi connectivity index (χ2v) is 4.72. The van der Waals surface area contributed by atoms with Gasteiger partial charge in [0.25, 0.3) is 0 Å². The van der Waals surface area contributed by atoms with Crippen molar-refractivity contribution in [2.24, 2.45) is 0 Å². The first kappa shape index (κ1) is 16.6. The smallest absolute Gasteiger partial charge is 0.163 e. The average Bonchev–Trinajstić information content (AvgIpc) is 2.48. The zero-order valence-corrected chi connectivity index (χ0v) is 12.7. The lowest BCUT2D eigenvalue weighted by atomic mass is 10.2. The van der Waals surface area contributed by atoms with E-state index in [2.05, 4.69) is 19.2 Å². The van der Waals surface area contributed by atoms with Gasteiger partial charge in [-0.3, -0.25) is 0 Å². The lowest BCUT2D eigenvalue weighted by Gasteiger charge is -2.14. The van der Waals surface area contributed by atoms with E-state index < -0.39 is 0 Å². The number of hydrogen-bond donors (Lipinski definition) is 2. The molecule has 0 spiro atoms. The number of anilines is 1. The van der Waals surface area contributed by atoms with Crippen LogP contribution in [-0.2, 0) is 0 Å². The molecule has 0 saturated carbocycles. The summed E-state index contributed by atoms with van der Waals surface area (Å²) in [7, 11) is 0. The van der Waals surface area contributed by atoms with Gasteiger partial charge in [-0.15, -0.1) is 0 Å². The third kappa shape index (κ3) is 6.15. The summed E-state index contributed by atoms with van der Waals surface area (Å²) >= 11 is 0. The largest absolute Gasteiger partial charge is 0.490 e. The van der Waals surface area contributed by atoms with Crippen LogP contribution in [0.3, 0.4) is 0 Å². The summed E-state index contributed by atoms with van der Waals surface area (Å²) in [4.78, 5) is 0. The van der Waals surface area contributed by atoms with Crippen LogP contribution < -0.4 is 14.8 Å². The fraction of sp³-hybridized carbons (Fsp3) is 0.625. The molecule has 0 fully saturated rings. The third-order valence-electron chi connectivity index (χ3n) is 2.78. The summed E-state index contributed by atoms with van der Waals surface area (Å²) in [5.74, 6) is 1.61. The number of nitrogens with one attached hydrogen (secondary N) is 1. The summed E-state index contributed by atoms with van der Waals surface area (Å²) < 4.78 is 11.4. The monoisotopic (exact) mass is 281 g/mol. The Labute approximate surface area is 122 Å². The fourth-order valence-electron chi connectivity index (χ4n) is 1.74. The van der Waals surface area contributed by atoms with Crippen molar-refractivity contribution < 1.29 is 14.6 Å². The minimum Gasteiger partial charge on any atom is -0.490 e. The minimum absolute atomic E-state index is 0.246. The van der Waals surface area contributed by atoms with Crippen LogP contribution in [0.5, 0.6) is 11.5 Å². The van der Waals surface area contributed by atoms with E-state index in [4.69, 9.17) is 14.6 Å². The Bertz CT molecular complexity index is 369. The SMILES string of the molecule is CCCOc1ccc(NCCCCO)cc1OCCC. The zero-order chi connectivity index (χ0) is 14.6. The highest BCUT2D eigenvalue weighted by molar-refractivity contribution is 5.54. The predicted molar refractivity (Wildman–Crippen MR) is 82.8 cm³/mol. The first-order chi connectivity index (χ1) is 9.81. The molecule has 1 rings (SSSR count). The molecule has 0 heterocycles. The van der Waals surface area contributed by atoms with Gasteiger partial charge in [0, 0.05) is 24.9 Å². The van der Waals surface area contributed by atoms with E-state index in [1.807, 2.05) is 18.2 Å². The van der Waals surface area contributed by atoms with Crippen LogP contribution in [0.1, 0.15) is 39.5 Å². The van der Waals surface area contributed by atoms with Crippen molar-refractivity contribution >= 4 is 5.69 Å². The van der Waals surface area contributed by atoms with Crippen LogP contribution in [0, 0.1) is 0 Å². The van der Waals surface area contributed by atoms with Crippen LogP contribution in [0.2, 0.25) is 0 Å². The molecule has 0 aliphatic heterocycles. The number of ether oxygens (including phenoxy) is 2. The van der Waals surface area contributed by atoms with Crippen LogP contribution in [0.4, 0.5) is 5.69 Å². The average molecular weight is 281 g/mol. The molecule has 0 amide bonds. The summed E-state index contributed by atoms with van der Waals surface area (Å²) in [5, 5.41) is 12.1. The Balaban J connectivity index is 2.62. The van der Waals surface area contributed by atoms with Gasteiger partial charge in [0.2, 0.25) is 0 Å². The van der Waals surface area contributed by atoms with Crippen molar-refractivity contribution in [2.75, 3.05) is 31.7 Å². The molecule has 1 aromatic carbocycles. The van der Waals surface area contributed by atoms with Gasteiger partial charge in [-0.1, -0.05) is 13.8 Å². The molecule has 0 unspecified atom stereocenters. The number of hydrogen-bond acceptors (Lipinski definition) is 4. The molecule has 0 aliphatic rings. The Morgan fingerprint density at radius 1 is 1.00 bits per heavy atom. The van der Waals surface area contributed by atoms with E-state index in [0.29, 0.717) is 13.2 Å². The van der Waals surface area contributed by atoms with Gasteiger partial charge in [0.1, 0.15) is 0 Å². The topological polar surface area (TPSA) is 50.7 Å². The second-order valence-electron chi connectivity index (χ2n) is 4.72. The molecule has 0 radical (unpaired) electrons. The Hall–Kier alpha value is -1.42. The maximum atomic E-state index is 8.76. The maximum absolute atomic E-state index is 8.76. The van der Waals surface area contributed by atoms with Gasteiger partial charge in [-0.25, -0.2) is 0 Å². The number of benzene rings is 1. The lowest BCUT2D eigenvalue weighted by Crippen LogP contribution is -2.05. The van der Waals surface area contributed by atoms with E-state index >= 15 is 0 Å². The highest BCUT2D eigenvalue weighted by Gasteiger charge is 2.06. The molecule has 0 aromatic heterocycles. The predicted octanol–water partition coefficient (Wildman–Crippen LogP) is 3.45. The second kappa shape index (κ2) is 10.4. The van der Waals surface area contributed by atoms with Crippen LogP contribution in [0.15, 0.2) is 18.2 Å². The summed E-state index contributed by atoms with van der Waals surface area (Å²) in [6, 6.07) is 5.94. The number of aliphatic hydroxyl groups excluding tert-OH is 1. The van der Waals surface area contributed by atoms with Crippen LogP contribution >= 0.6 is 0 Å². The molecule has 114 valence electrons. The van der Waals surface area contributed by atoms with Crippen molar-refractivity contribution in [3.63, 3.8) is 0 Å². The molecule has 0 saturated heterocycles. The van der Waals surface area contributed by atoms with Gasteiger partial charge >= 0.3 is 0 Å². The molecule has 4 heteroatoms. The fourth-order valence-corrected chi connectivity index (χ4v) is 1.74. The highest BCUT2D eigenvalue weighted by Crippen LogP contribution is 2.30. The number of rotatable bonds is 11. The Morgan fingerprint density at radius 3 is 2.35 bits per heavy atom. The number of aliphatic hydroxyl groups is 1. The molecule has 2 N–H and O–H groups in total. The van der Waals surface area contributed by atoms with Gasteiger partial charge in [-0.2, -0.15) is 0 Å². The van der Waals surface area contributed by atoms with Crippen molar-refractivity contribution in [3.8, 4) is 11.5 Å². The molecule has 20 heavy (non-hydrogen) atoms. The van der Waals surface area contributed by atoms with Crippen molar-refractivity contribution in [1.29, 1.82) is 0 Å². The van der Waals surface area contributed by atoms with Crippen molar-refractivity contribution in [1.82, 2.24) is 0 Å². The lowest BCUT2D eigenvalue weighted by molar-refractivity contribution is 0.268. The molecule has 0 aliphatic carbocycles. The quantitative estimate of drug-likeness (QED) is 0.610. The van der Waals surface area contributed by atoms with Gasteiger partial charge in [0.05, 0.1) is 13.2 Å². The summed E-state index contributed by atoms with van der Waals surface area (Å²) in [6.07, 6.45) is 3.73. The molecule has 0 atom stereocenters. The van der Waals surface area contributed by atoms with Gasteiger partial charge < -0.3 is 19.9 Å². The van der Waals surface area contributed by atoms with Gasteiger partial charge in [-0.05, 0) is 37.8 Å². The standard InChI is InChI=1S/C16H27NO3/c1-3-11-19-15-8-7-14(17-9-5-6-10-18)13-16(15)20-12-4-2/h7-8,13,17-18H,3-6,9-12H2,1-2H3. The van der Waals surface area contributed by atoms with E-state index in [0.717, 1.165) is 49.4 Å². The summed E-state index contributed by atoms with van der Waals surface area (Å²) in [5.41, 5.74) is 1.03. The van der Waals surface area contributed by atoms with E-state index in [1.165, 1.54) is 0 Å². The maximum Gasteiger partial charge on any atom is 0.163 e. The molecule has 4 nitrogen and oxygen atoms in total.